The van der Waals surface area contributed by atoms with Gasteiger partial charge in [-0.05, 0) is 12.1 Å². The molecular weight excluding hydrogens is 298 g/mol. The van der Waals surface area contributed by atoms with Gasteiger partial charge in [-0.3, -0.25) is 4.79 Å². The van der Waals surface area contributed by atoms with E-state index >= 15 is 0 Å². The third-order valence-corrected chi connectivity index (χ3v) is 6.49. The number of nitrogen functional groups attached to an aromatic ring is 1. The summed E-state index contributed by atoms with van der Waals surface area (Å²) in [5.74, 6) is 0.716. The van der Waals surface area contributed by atoms with Crippen LogP contribution in [0.4, 0.5) is 5.69 Å². The SMILES string of the molecule is CCS(=O)(=O)C1CSCCN1C(=O)c1ncccc1N. The van der Waals surface area contributed by atoms with E-state index in [0.29, 0.717) is 18.1 Å². The van der Waals surface area contributed by atoms with Crippen molar-refractivity contribution in [3.8, 4) is 0 Å². The first-order valence-corrected chi connectivity index (χ1v) is 9.15. The number of sulfone groups is 1. The molecule has 2 N–H and O–H groups in total. The van der Waals surface area contributed by atoms with Gasteiger partial charge in [0.25, 0.3) is 5.91 Å². The van der Waals surface area contributed by atoms with Gasteiger partial charge < -0.3 is 10.6 Å². The van der Waals surface area contributed by atoms with Crippen molar-refractivity contribution in [1.29, 1.82) is 0 Å². The molecule has 1 aliphatic rings. The standard InChI is InChI=1S/C12H17N3O3S2/c1-2-20(17,18)10-8-19-7-6-15(10)12(16)11-9(13)4-3-5-14-11/h3-5,10H,2,6-8,13H2,1H3. The molecule has 0 radical (unpaired) electrons. The van der Waals surface area contributed by atoms with Gasteiger partial charge in [-0.15, -0.1) is 0 Å². The first kappa shape index (κ1) is 15.1. The minimum Gasteiger partial charge on any atom is -0.397 e. The normalized spacial score (nSPS) is 19.9. The van der Waals surface area contributed by atoms with Crippen LogP contribution in [0.5, 0.6) is 0 Å². The van der Waals surface area contributed by atoms with Crippen molar-refractivity contribution in [2.24, 2.45) is 0 Å². The molecule has 2 rings (SSSR count). The number of anilines is 1. The van der Waals surface area contributed by atoms with Gasteiger partial charge in [0.05, 0.1) is 5.69 Å². The number of amides is 1. The molecule has 1 atom stereocenters. The number of hydrogen-bond donors (Lipinski definition) is 1. The van der Waals surface area contributed by atoms with Crippen molar-refractivity contribution in [1.82, 2.24) is 9.88 Å². The summed E-state index contributed by atoms with van der Waals surface area (Å²) in [6, 6.07) is 3.22. The lowest BCUT2D eigenvalue weighted by Gasteiger charge is -2.34. The molecule has 1 aromatic heterocycles. The van der Waals surface area contributed by atoms with Crippen LogP contribution in [0.1, 0.15) is 17.4 Å². The summed E-state index contributed by atoms with van der Waals surface area (Å²) < 4.78 is 24.3. The Labute approximate surface area is 122 Å². The van der Waals surface area contributed by atoms with Gasteiger partial charge in [0.2, 0.25) is 0 Å². The van der Waals surface area contributed by atoms with Gasteiger partial charge in [-0.1, -0.05) is 6.92 Å². The molecule has 0 aliphatic carbocycles. The summed E-state index contributed by atoms with van der Waals surface area (Å²) in [6.45, 7) is 1.98. The maximum Gasteiger partial charge on any atom is 0.275 e. The Balaban J connectivity index is 2.34. The fourth-order valence-corrected chi connectivity index (χ4v) is 5.00. The van der Waals surface area contributed by atoms with Crippen molar-refractivity contribution in [3.05, 3.63) is 24.0 Å². The number of rotatable bonds is 3. The van der Waals surface area contributed by atoms with E-state index < -0.39 is 21.1 Å². The van der Waals surface area contributed by atoms with Gasteiger partial charge in [0, 0.05) is 30.0 Å². The third-order valence-electron chi connectivity index (χ3n) is 3.20. The third kappa shape index (κ3) is 2.90. The second-order valence-corrected chi connectivity index (χ2v) is 8.02. The summed E-state index contributed by atoms with van der Waals surface area (Å²) in [7, 11) is -3.32. The van der Waals surface area contributed by atoms with E-state index in [4.69, 9.17) is 5.73 Å². The molecular formula is C12H17N3O3S2. The van der Waals surface area contributed by atoms with E-state index in [2.05, 4.69) is 4.98 Å². The molecule has 0 bridgehead atoms. The number of pyridine rings is 1. The van der Waals surface area contributed by atoms with Crippen molar-refractivity contribution in [2.45, 2.75) is 12.3 Å². The Morgan fingerprint density at radius 2 is 2.35 bits per heavy atom. The highest BCUT2D eigenvalue weighted by Crippen LogP contribution is 2.24. The van der Waals surface area contributed by atoms with Crippen LogP contribution < -0.4 is 5.73 Å². The zero-order valence-electron chi connectivity index (χ0n) is 11.2. The monoisotopic (exact) mass is 315 g/mol. The number of nitrogens with zero attached hydrogens (tertiary/aromatic N) is 2. The molecule has 1 aliphatic heterocycles. The number of nitrogens with two attached hydrogens (primary N) is 1. The molecule has 1 saturated heterocycles. The van der Waals surface area contributed by atoms with Crippen LogP contribution in [-0.2, 0) is 9.84 Å². The van der Waals surface area contributed by atoms with Gasteiger partial charge in [0.15, 0.2) is 15.5 Å². The molecule has 6 nitrogen and oxygen atoms in total. The average molecular weight is 315 g/mol. The summed E-state index contributed by atoms with van der Waals surface area (Å²) in [4.78, 5) is 17.9. The van der Waals surface area contributed by atoms with Crippen LogP contribution in [0.25, 0.3) is 0 Å². The van der Waals surface area contributed by atoms with Crippen LogP contribution in [0.3, 0.4) is 0 Å². The van der Waals surface area contributed by atoms with Gasteiger partial charge in [0.1, 0.15) is 5.37 Å². The average Bonchev–Trinajstić information content (AvgIpc) is 2.47. The highest BCUT2D eigenvalue weighted by molar-refractivity contribution is 8.01. The molecule has 1 unspecified atom stereocenters. The highest BCUT2D eigenvalue weighted by Gasteiger charge is 2.36. The van der Waals surface area contributed by atoms with Gasteiger partial charge >= 0.3 is 0 Å². The first-order valence-electron chi connectivity index (χ1n) is 6.28. The highest BCUT2D eigenvalue weighted by atomic mass is 32.2. The summed E-state index contributed by atoms with van der Waals surface area (Å²) in [5, 5.41) is -0.792. The predicted molar refractivity (Wildman–Crippen MR) is 80.3 cm³/mol. The molecule has 1 amide bonds. The summed E-state index contributed by atoms with van der Waals surface area (Å²) in [5.41, 5.74) is 6.14. The van der Waals surface area contributed by atoms with E-state index in [1.165, 1.54) is 11.1 Å². The minimum absolute atomic E-state index is 0.0136. The smallest absolute Gasteiger partial charge is 0.275 e. The van der Waals surface area contributed by atoms with Crippen LogP contribution in [-0.4, -0.2) is 53.4 Å². The summed E-state index contributed by atoms with van der Waals surface area (Å²) >= 11 is 1.54. The molecule has 1 aromatic rings. The number of thioether (sulfide) groups is 1. The van der Waals surface area contributed by atoms with Crippen molar-refractivity contribution in [3.63, 3.8) is 0 Å². The second-order valence-electron chi connectivity index (χ2n) is 4.42. The van der Waals surface area contributed by atoms with Crippen molar-refractivity contribution < 1.29 is 13.2 Å². The number of hydrogen-bond acceptors (Lipinski definition) is 6. The molecule has 0 saturated carbocycles. The lowest BCUT2D eigenvalue weighted by atomic mass is 10.2. The molecule has 0 aromatic carbocycles. The molecule has 110 valence electrons. The Kier molecular flexibility index (Phi) is 4.54. The maximum absolute atomic E-state index is 12.5. The van der Waals surface area contributed by atoms with E-state index in [-0.39, 0.29) is 17.1 Å². The number of carbonyl (C=O) groups is 1. The zero-order chi connectivity index (χ0) is 14.8. The maximum atomic E-state index is 12.5. The zero-order valence-corrected chi connectivity index (χ0v) is 12.8. The van der Waals surface area contributed by atoms with Gasteiger partial charge in [-0.25, -0.2) is 13.4 Å². The van der Waals surface area contributed by atoms with Crippen LogP contribution in [0, 0.1) is 0 Å². The Bertz CT molecular complexity index is 604. The fraction of sp³-hybridized carbons (Fsp3) is 0.500. The molecule has 0 spiro atoms. The topological polar surface area (TPSA) is 93.4 Å². The molecule has 8 heteroatoms. The minimum atomic E-state index is -3.32. The number of aromatic nitrogens is 1. The van der Waals surface area contributed by atoms with Gasteiger partial charge in [-0.2, -0.15) is 11.8 Å². The summed E-state index contributed by atoms with van der Waals surface area (Å²) in [6.07, 6.45) is 1.48. The fourth-order valence-electron chi connectivity index (χ4n) is 2.04. The van der Waals surface area contributed by atoms with E-state index in [1.54, 1.807) is 30.8 Å². The Morgan fingerprint density at radius 1 is 1.60 bits per heavy atom. The van der Waals surface area contributed by atoms with Crippen LogP contribution in [0.2, 0.25) is 0 Å². The molecule has 2 heterocycles. The Morgan fingerprint density at radius 3 is 3.00 bits per heavy atom. The van der Waals surface area contributed by atoms with Crippen molar-refractivity contribution >= 4 is 33.2 Å². The first-order chi connectivity index (χ1) is 9.47. The largest absolute Gasteiger partial charge is 0.397 e. The van der Waals surface area contributed by atoms with Crippen molar-refractivity contribution in [2.75, 3.05) is 29.5 Å². The van der Waals surface area contributed by atoms with E-state index in [1.807, 2.05) is 0 Å². The molecule has 20 heavy (non-hydrogen) atoms. The lowest BCUT2D eigenvalue weighted by Crippen LogP contribution is -2.51. The van der Waals surface area contributed by atoms with Crippen LogP contribution >= 0.6 is 11.8 Å². The van der Waals surface area contributed by atoms with Crippen LogP contribution in [0.15, 0.2) is 18.3 Å². The lowest BCUT2D eigenvalue weighted by molar-refractivity contribution is 0.0744. The second kappa shape index (κ2) is 6.01. The van der Waals surface area contributed by atoms with E-state index in [9.17, 15) is 13.2 Å². The quantitative estimate of drug-likeness (QED) is 0.878. The predicted octanol–water partition coefficient (Wildman–Crippen LogP) is 0.614. The Hall–Kier alpha value is -1.28. The van der Waals surface area contributed by atoms with E-state index in [0.717, 1.165) is 0 Å². The number of carbonyl (C=O) groups excluding carboxylic acids is 1. The molecule has 1 fully saturated rings.